The van der Waals surface area contributed by atoms with Gasteiger partial charge in [0.15, 0.2) is 0 Å². The van der Waals surface area contributed by atoms with Gasteiger partial charge in [0.05, 0.1) is 9.40 Å². The molecule has 0 aliphatic rings. The van der Waals surface area contributed by atoms with Crippen molar-refractivity contribution in [2.75, 3.05) is 0 Å². The molecule has 5 rings (SSSR count). The molecular formula is C50H60N4S2. The molecule has 6 heteroatoms. The number of unbranched alkanes of at least 4 members (excludes halogenated alkanes) is 18. The molecule has 2 aromatic heterocycles. The van der Waals surface area contributed by atoms with Gasteiger partial charge < -0.3 is 0 Å². The average molecular weight is 781 g/mol. The Hall–Kier alpha value is -4.46. The summed E-state index contributed by atoms with van der Waals surface area (Å²) in [5.74, 6) is 0. The van der Waals surface area contributed by atoms with Crippen molar-refractivity contribution in [3.05, 3.63) is 82.2 Å². The Balaban J connectivity index is 0.000000364. The van der Waals surface area contributed by atoms with Crippen molar-refractivity contribution in [1.29, 1.82) is 21.0 Å². The lowest BCUT2D eigenvalue weighted by molar-refractivity contribution is 0.556. The minimum atomic E-state index is 0.00187. The monoisotopic (exact) mass is 780 g/mol. The van der Waals surface area contributed by atoms with Crippen molar-refractivity contribution >= 4 is 63.4 Å². The molecule has 0 saturated carbocycles. The molecule has 0 spiro atoms. The summed E-state index contributed by atoms with van der Waals surface area (Å²) in [5, 5.41) is 38.4. The maximum absolute atomic E-state index is 8.63. The Morgan fingerprint density at radius 3 is 1.02 bits per heavy atom. The molecule has 3 aromatic carbocycles. The highest BCUT2D eigenvalue weighted by molar-refractivity contribution is 7.36. The maximum Gasteiger partial charge on any atom is 0.136 e. The van der Waals surface area contributed by atoms with Crippen molar-refractivity contribution < 1.29 is 0 Å². The van der Waals surface area contributed by atoms with E-state index in [1.807, 2.05) is 22.7 Å². The van der Waals surface area contributed by atoms with E-state index in [1.165, 1.54) is 206 Å². The predicted octanol–water partition coefficient (Wildman–Crippen LogP) is 14.3. The van der Waals surface area contributed by atoms with Crippen LogP contribution in [0.3, 0.4) is 0 Å². The van der Waals surface area contributed by atoms with Gasteiger partial charge in [-0.1, -0.05) is 178 Å². The number of fused-ring (bicyclic) bond motifs is 5. The Labute approximate surface area is 344 Å². The molecule has 0 aliphatic heterocycles. The van der Waals surface area contributed by atoms with Crippen LogP contribution >= 0.6 is 22.7 Å². The second-order valence-corrected chi connectivity index (χ2v) is 17.3. The third-order valence-corrected chi connectivity index (χ3v) is 13.3. The zero-order chi connectivity index (χ0) is 39.8. The number of hydrogen-bond acceptors (Lipinski definition) is 6. The molecule has 0 aliphatic carbocycles. The van der Waals surface area contributed by atoms with Gasteiger partial charge in [-0.05, 0) is 48.9 Å². The lowest BCUT2D eigenvalue weighted by atomic mass is 10.0. The van der Waals surface area contributed by atoms with Gasteiger partial charge in [-0.2, -0.15) is 21.0 Å². The van der Waals surface area contributed by atoms with Crippen LogP contribution in [0.4, 0.5) is 0 Å². The van der Waals surface area contributed by atoms with E-state index in [0.717, 1.165) is 0 Å². The highest BCUT2D eigenvalue weighted by atomic mass is 32.1. The molecule has 0 N–H and O–H groups in total. The van der Waals surface area contributed by atoms with Crippen molar-refractivity contribution in [2.24, 2.45) is 0 Å². The van der Waals surface area contributed by atoms with E-state index in [2.05, 4.69) is 50.2 Å². The number of hydrogen-bond donors (Lipinski definition) is 0. The molecule has 2 heterocycles. The summed E-state index contributed by atoms with van der Waals surface area (Å²) in [6.07, 6.45) is 30.7. The molecule has 0 unspecified atom stereocenters. The second-order valence-electron chi connectivity index (χ2n) is 15.2. The third-order valence-electron chi connectivity index (χ3n) is 10.8. The molecule has 0 atom stereocenters. The van der Waals surface area contributed by atoms with Gasteiger partial charge in [0.1, 0.15) is 35.4 Å². The van der Waals surface area contributed by atoms with Gasteiger partial charge in [-0.3, -0.25) is 0 Å². The van der Waals surface area contributed by atoms with Crippen LogP contribution in [-0.4, -0.2) is 0 Å². The van der Waals surface area contributed by atoms with Gasteiger partial charge in [-0.25, -0.2) is 0 Å². The number of benzene rings is 3. The predicted molar refractivity (Wildman–Crippen MR) is 241 cm³/mol. The first-order chi connectivity index (χ1) is 27.6. The maximum atomic E-state index is 8.63. The lowest BCUT2D eigenvalue weighted by Gasteiger charge is -2.04. The Bertz CT molecular complexity index is 2050. The fourth-order valence-corrected chi connectivity index (χ4v) is 10.2. The molecule has 0 radical (unpaired) electrons. The number of aryl methyl sites for hydroxylation is 2. The minimum absolute atomic E-state index is 0.00187. The molecule has 56 heavy (non-hydrogen) atoms. The molecule has 0 bridgehead atoms. The van der Waals surface area contributed by atoms with E-state index in [0.29, 0.717) is 10.4 Å². The van der Waals surface area contributed by atoms with E-state index in [4.69, 9.17) is 21.0 Å². The first-order valence-electron chi connectivity index (χ1n) is 21.4. The largest absolute Gasteiger partial charge is 0.192 e. The van der Waals surface area contributed by atoms with E-state index in [9.17, 15) is 0 Å². The van der Waals surface area contributed by atoms with Crippen molar-refractivity contribution in [3.8, 4) is 24.3 Å². The van der Waals surface area contributed by atoms with Gasteiger partial charge in [0.25, 0.3) is 0 Å². The SMILES string of the molecule is CCCCCCCCCCCCc1ccc2c(c1)sc1c3ccc(CCCCCCCCCCCC)cc3sc21.N#CC(C#N)=c1ccc(=C(C#N)C#N)cc1. The summed E-state index contributed by atoms with van der Waals surface area (Å²) in [7, 11) is 0. The summed E-state index contributed by atoms with van der Waals surface area (Å²) in [4.78, 5) is 0. The number of rotatable bonds is 22. The Morgan fingerprint density at radius 1 is 0.411 bits per heavy atom. The topological polar surface area (TPSA) is 95.2 Å². The smallest absolute Gasteiger partial charge is 0.136 e. The number of nitrogens with zero attached hydrogens (tertiary/aromatic N) is 4. The summed E-state index contributed by atoms with van der Waals surface area (Å²) in [6, 6.07) is 27.8. The van der Waals surface area contributed by atoms with Crippen LogP contribution in [0.2, 0.25) is 0 Å². The van der Waals surface area contributed by atoms with Crippen LogP contribution in [-0.2, 0) is 12.8 Å². The molecule has 0 fully saturated rings. The second kappa shape index (κ2) is 25.6. The fourth-order valence-electron chi connectivity index (χ4n) is 7.40. The van der Waals surface area contributed by atoms with Crippen molar-refractivity contribution in [1.82, 2.24) is 0 Å². The van der Waals surface area contributed by atoms with E-state index < -0.39 is 0 Å². The van der Waals surface area contributed by atoms with Crippen LogP contribution in [0.5, 0.6) is 0 Å². The van der Waals surface area contributed by atoms with E-state index in [-0.39, 0.29) is 11.1 Å². The quantitative estimate of drug-likeness (QED) is 0.0653. The van der Waals surface area contributed by atoms with Gasteiger partial charge in [0.2, 0.25) is 0 Å². The minimum Gasteiger partial charge on any atom is -0.192 e. The zero-order valence-electron chi connectivity index (χ0n) is 33.9. The first-order valence-corrected chi connectivity index (χ1v) is 23.0. The lowest BCUT2D eigenvalue weighted by Crippen LogP contribution is -2.11. The highest BCUT2D eigenvalue weighted by Crippen LogP contribution is 2.44. The first kappa shape index (κ1) is 44.3. The molecule has 4 nitrogen and oxygen atoms in total. The standard InChI is InChI=1S/C38H56S2.C12H4N4/c1-3-5-7-9-11-13-15-17-19-21-23-31-25-27-33-35(29-31)39-38-34-28-26-32(30-36(34)40-37(33)38)24-22-20-18-16-14-12-10-8-6-4-2;13-5-11(6-14)9-1-2-10(4-3-9)12(7-15)8-16/h25-30H,3-24H2,1-2H3;1-4H. The average Bonchev–Trinajstić information content (AvgIpc) is 3.76. The molecule has 0 saturated heterocycles. The summed E-state index contributed by atoms with van der Waals surface area (Å²) in [6.45, 7) is 4.60. The Kier molecular flexibility index (Phi) is 20.3. The van der Waals surface area contributed by atoms with Crippen LogP contribution in [0.25, 0.3) is 40.7 Å². The molecule has 292 valence electrons. The van der Waals surface area contributed by atoms with Crippen LogP contribution in [0, 0.1) is 45.3 Å². The van der Waals surface area contributed by atoms with Crippen LogP contribution < -0.4 is 10.4 Å². The Morgan fingerprint density at radius 2 is 0.714 bits per heavy atom. The van der Waals surface area contributed by atoms with Gasteiger partial charge in [0, 0.05) is 30.6 Å². The molecular weight excluding hydrogens is 721 g/mol. The van der Waals surface area contributed by atoms with E-state index >= 15 is 0 Å². The van der Waals surface area contributed by atoms with Gasteiger partial charge in [-0.15, -0.1) is 22.7 Å². The summed E-state index contributed by atoms with van der Waals surface area (Å²) < 4.78 is 6.00. The number of thiophene rings is 2. The molecule has 0 amide bonds. The summed E-state index contributed by atoms with van der Waals surface area (Å²) >= 11 is 4.04. The highest BCUT2D eigenvalue weighted by Gasteiger charge is 2.13. The van der Waals surface area contributed by atoms with Crippen molar-refractivity contribution in [3.63, 3.8) is 0 Å². The van der Waals surface area contributed by atoms with Crippen LogP contribution in [0.15, 0.2) is 60.7 Å². The van der Waals surface area contributed by atoms with Crippen LogP contribution in [0.1, 0.15) is 153 Å². The third kappa shape index (κ3) is 13.9. The zero-order valence-corrected chi connectivity index (χ0v) is 35.6. The fraction of sp³-hybridized carbons (Fsp3) is 0.480. The van der Waals surface area contributed by atoms with Gasteiger partial charge >= 0.3 is 0 Å². The van der Waals surface area contributed by atoms with Crippen molar-refractivity contribution in [2.45, 2.75) is 155 Å². The summed E-state index contributed by atoms with van der Waals surface area (Å²) in [5.41, 5.74) is 3.07. The number of nitriles is 4. The molecule has 5 aromatic rings. The van der Waals surface area contributed by atoms with E-state index in [1.54, 1.807) is 24.3 Å². The normalized spacial score (nSPS) is 10.8.